The Morgan fingerprint density at radius 1 is 1.11 bits per heavy atom. The van der Waals surface area contributed by atoms with Gasteiger partial charge in [-0.15, -0.1) is 0 Å². The Hall–Kier alpha value is -3.16. The first kappa shape index (κ1) is 24.5. The summed E-state index contributed by atoms with van der Waals surface area (Å²) >= 11 is 0. The summed E-state index contributed by atoms with van der Waals surface area (Å²) in [6, 6.07) is 16.3. The molecule has 7 heteroatoms. The molecule has 0 saturated carbocycles. The van der Waals surface area contributed by atoms with Crippen LogP contribution in [0.15, 0.2) is 71.3 Å². The minimum absolute atomic E-state index is 0.136. The van der Waals surface area contributed by atoms with Gasteiger partial charge in [0.1, 0.15) is 5.75 Å². The average Bonchev–Trinajstić information content (AvgIpc) is 3.12. The van der Waals surface area contributed by atoms with Crippen LogP contribution in [0.25, 0.3) is 6.08 Å². The minimum Gasteiger partial charge on any atom is -0.508 e. The zero-order chi connectivity index (χ0) is 25.4. The first-order valence-electron chi connectivity index (χ1n) is 12.8. The van der Waals surface area contributed by atoms with Gasteiger partial charge < -0.3 is 14.8 Å². The van der Waals surface area contributed by atoms with Crippen LogP contribution >= 0.6 is 0 Å². The maximum Gasteiger partial charge on any atom is 0.455 e. The van der Waals surface area contributed by atoms with Crippen LogP contribution in [0.5, 0.6) is 5.75 Å². The van der Waals surface area contributed by atoms with Gasteiger partial charge in [0.15, 0.2) is 0 Å². The van der Waals surface area contributed by atoms with Crippen LogP contribution in [0.4, 0.5) is 5.69 Å². The zero-order valence-electron chi connectivity index (χ0n) is 20.8. The van der Waals surface area contributed by atoms with Crippen molar-refractivity contribution < 1.29 is 24.4 Å². The molecular formula is C29H32BNO5. The number of amides is 2. The number of benzene rings is 2. The Balaban J connectivity index is 1.41. The van der Waals surface area contributed by atoms with Crippen molar-refractivity contribution in [2.75, 3.05) is 4.90 Å². The lowest BCUT2D eigenvalue weighted by Gasteiger charge is -2.43. The second kappa shape index (κ2) is 10.1. The topological polar surface area (TPSA) is 87.1 Å². The highest BCUT2D eigenvalue weighted by Crippen LogP contribution is 2.51. The normalized spacial score (nSPS) is 26.4. The van der Waals surface area contributed by atoms with Crippen LogP contribution in [-0.2, 0) is 14.2 Å². The average molecular weight is 485 g/mol. The Kier molecular flexibility index (Phi) is 6.86. The van der Waals surface area contributed by atoms with Crippen molar-refractivity contribution >= 4 is 30.7 Å². The monoisotopic (exact) mass is 485 g/mol. The number of phenols is 1. The van der Waals surface area contributed by atoms with Gasteiger partial charge in [-0.1, -0.05) is 54.5 Å². The number of rotatable bonds is 6. The number of hydrogen-bond donors (Lipinski definition) is 2. The van der Waals surface area contributed by atoms with Gasteiger partial charge in [0.05, 0.1) is 23.6 Å². The molecule has 186 valence electrons. The highest BCUT2D eigenvalue weighted by Gasteiger charge is 2.57. The SMILES string of the molecule is CCC1=C2[C@@H](CC/C(C)=C/c3cccc(O)c3)OB(O)C[C@@H]2[C@@H]2C(=O)N(c3ccccc3)C(=O)[C@@H]2C1. The second-order valence-electron chi connectivity index (χ2n) is 10.1. The summed E-state index contributed by atoms with van der Waals surface area (Å²) in [7, 11) is -0.968. The zero-order valence-corrected chi connectivity index (χ0v) is 20.8. The summed E-state index contributed by atoms with van der Waals surface area (Å²) in [5, 5.41) is 20.4. The number of nitrogens with zero attached hydrogens (tertiary/aromatic N) is 1. The molecule has 4 atom stereocenters. The lowest BCUT2D eigenvalue weighted by atomic mass is 9.58. The van der Waals surface area contributed by atoms with Gasteiger partial charge in [-0.2, -0.15) is 0 Å². The Morgan fingerprint density at radius 2 is 1.89 bits per heavy atom. The van der Waals surface area contributed by atoms with Gasteiger partial charge in [0.25, 0.3) is 0 Å². The van der Waals surface area contributed by atoms with E-state index in [-0.39, 0.29) is 35.5 Å². The molecule has 0 aromatic heterocycles. The summed E-state index contributed by atoms with van der Waals surface area (Å²) in [5.74, 6) is -1.13. The fourth-order valence-corrected chi connectivity index (χ4v) is 6.26. The molecule has 2 aliphatic heterocycles. The molecule has 2 N–H and O–H groups in total. The third kappa shape index (κ3) is 4.53. The molecule has 6 nitrogen and oxygen atoms in total. The third-order valence-electron chi connectivity index (χ3n) is 7.83. The molecule has 2 saturated heterocycles. The van der Waals surface area contributed by atoms with Crippen molar-refractivity contribution in [2.24, 2.45) is 17.8 Å². The standard InChI is InChI=1S/C29H32BNO5/c1-3-20-16-23-27(29(34)31(28(23)33)21-9-5-4-6-10-21)24-17-30(35)36-25(26(20)24)13-12-18(2)14-19-8-7-11-22(32)15-19/h4-11,14-15,23-25,27,32,35H,3,12-13,16-17H2,1-2H3/b18-14+/t23-,24+,25-,27-/m1/s1. The van der Waals surface area contributed by atoms with Crippen LogP contribution in [0.1, 0.15) is 45.1 Å². The molecule has 1 aliphatic carbocycles. The Bertz CT molecular complexity index is 1220. The van der Waals surface area contributed by atoms with E-state index in [4.69, 9.17) is 4.65 Å². The molecule has 0 unspecified atom stereocenters. The maximum absolute atomic E-state index is 13.6. The largest absolute Gasteiger partial charge is 0.508 e. The van der Waals surface area contributed by atoms with Gasteiger partial charge in [-0.05, 0) is 80.2 Å². The minimum atomic E-state index is -0.968. The number of hydrogen-bond acceptors (Lipinski definition) is 5. The smallest absolute Gasteiger partial charge is 0.455 e. The Labute approximate surface area is 212 Å². The highest BCUT2D eigenvalue weighted by atomic mass is 16.5. The summed E-state index contributed by atoms with van der Waals surface area (Å²) in [6.07, 6.45) is 4.85. The highest BCUT2D eigenvalue weighted by molar-refractivity contribution is 6.43. The molecule has 2 aromatic rings. The van der Waals surface area contributed by atoms with Gasteiger partial charge in [0, 0.05) is 0 Å². The van der Waals surface area contributed by atoms with E-state index in [2.05, 4.69) is 6.92 Å². The van der Waals surface area contributed by atoms with Crippen molar-refractivity contribution in [1.29, 1.82) is 0 Å². The molecule has 0 bridgehead atoms. The molecule has 0 radical (unpaired) electrons. The molecule has 36 heavy (non-hydrogen) atoms. The first-order chi connectivity index (χ1) is 17.4. The number of carbonyl (C=O) groups excluding carboxylic acids is 2. The van der Waals surface area contributed by atoms with Gasteiger partial charge >= 0.3 is 7.12 Å². The summed E-state index contributed by atoms with van der Waals surface area (Å²) in [6.45, 7) is 4.13. The molecule has 3 aliphatic rings. The molecule has 0 spiro atoms. The van der Waals surface area contributed by atoms with E-state index in [0.717, 1.165) is 29.6 Å². The van der Waals surface area contributed by atoms with E-state index in [0.29, 0.717) is 24.8 Å². The van der Waals surface area contributed by atoms with Crippen LogP contribution in [0, 0.1) is 17.8 Å². The number of phenolic OH excluding ortho intramolecular Hbond substituents is 1. The molecular weight excluding hydrogens is 453 g/mol. The van der Waals surface area contributed by atoms with E-state index in [1.165, 1.54) is 10.5 Å². The van der Waals surface area contributed by atoms with E-state index >= 15 is 0 Å². The van der Waals surface area contributed by atoms with Crippen LogP contribution in [-0.4, -0.2) is 35.2 Å². The predicted octanol–water partition coefficient (Wildman–Crippen LogP) is 4.99. The first-order valence-corrected chi connectivity index (χ1v) is 12.8. The summed E-state index contributed by atoms with van der Waals surface area (Å²) in [4.78, 5) is 28.4. The molecule has 2 fully saturated rings. The molecule has 2 aromatic carbocycles. The number of carbonyl (C=O) groups is 2. The number of aromatic hydroxyl groups is 1. The third-order valence-corrected chi connectivity index (χ3v) is 7.83. The van der Waals surface area contributed by atoms with Crippen molar-refractivity contribution in [3.05, 3.63) is 76.9 Å². The summed E-state index contributed by atoms with van der Waals surface area (Å²) < 4.78 is 6.05. The van der Waals surface area contributed by atoms with Crippen molar-refractivity contribution in [2.45, 2.75) is 52.0 Å². The maximum atomic E-state index is 13.6. The van der Waals surface area contributed by atoms with Gasteiger partial charge in [-0.25, -0.2) is 0 Å². The van der Waals surface area contributed by atoms with Crippen molar-refractivity contribution in [3.63, 3.8) is 0 Å². The van der Waals surface area contributed by atoms with E-state index < -0.39 is 13.0 Å². The number of allylic oxidation sites excluding steroid dienone is 2. The molecule has 5 rings (SSSR count). The van der Waals surface area contributed by atoms with E-state index in [1.807, 2.05) is 43.3 Å². The van der Waals surface area contributed by atoms with Crippen LogP contribution in [0.2, 0.25) is 6.32 Å². The van der Waals surface area contributed by atoms with Gasteiger partial charge in [-0.3, -0.25) is 14.5 Å². The van der Waals surface area contributed by atoms with Gasteiger partial charge in [0.2, 0.25) is 11.8 Å². The summed E-state index contributed by atoms with van der Waals surface area (Å²) in [5.41, 5.74) is 4.97. The Morgan fingerprint density at radius 3 is 2.61 bits per heavy atom. The second-order valence-corrected chi connectivity index (χ2v) is 10.1. The fraction of sp³-hybridized carbons (Fsp3) is 0.379. The predicted molar refractivity (Wildman–Crippen MR) is 140 cm³/mol. The van der Waals surface area contributed by atoms with Crippen LogP contribution < -0.4 is 4.90 Å². The quantitative estimate of drug-likeness (QED) is 0.342. The van der Waals surface area contributed by atoms with Crippen LogP contribution in [0.3, 0.4) is 0 Å². The molecule has 2 heterocycles. The number of para-hydroxylation sites is 1. The number of fused-ring (bicyclic) bond motifs is 3. The fourth-order valence-electron chi connectivity index (χ4n) is 6.26. The lowest BCUT2D eigenvalue weighted by Crippen LogP contribution is -2.46. The number of imide groups is 1. The van der Waals surface area contributed by atoms with Crippen molar-refractivity contribution in [3.8, 4) is 5.75 Å². The lowest BCUT2D eigenvalue weighted by molar-refractivity contribution is -0.122. The van der Waals surface area contributed by atoms with E-state index in [1.54, 1.807) is 24.3 Å². The van der Waals surface area contributed by atoms with Crippen molar-refractivity contribution in [1.82, 2.24) is 0 Å². The van der Waals surface area contributed by atoms with E-state index in [9.17, 15) is 19.7 Å². The number of anilines is 1. The molecule has 2 amide bonds.